The number of hydrogen-bond acceptors (Lipinski definition) is 4. The van der Waals surface area contributed by atoms with Crippen LogP contribution >= 0.6 is 0 Å². The maximum atomic E-state index is 12.6. The number of nitrogens with zero attached hydrogens (tertiary/aromatic N) is 2. The molecule has 2 heterocycles. The summed E-state index contributed by atoms with van der Waals surface area (Å²) in [5.74, 6) is -2.53. The summed E-state index contributed by atoms with van der Waals surface area (Å²) in [7, 11) is 0. The number of H-pyrrole nitrogens is 1. The van der Waals surface area contributed by atoms with Crippen LogP contribution in [0.25, 0.3) is 10.9 Å². The quantitative estimate of drug-likeness (QED) is 0.406. The van der Waals surface area contributed by atoms with E-state index in [0.29, 0.717) is 23.4 Å². The molecule has 3 aromatic rings. The van der Waals surface area contributed by atoms with Crippen molar-refractivity contribution < 1.29 is 13.3 Å². The summed E-state index contributed by atoms with van der Waals surface area (Å²) >= 11 is -2.35. The predicted octanol–water partition coefficient (Wildman–Crippen LogP) is 4.38. The van der Waals surface area contributed by atoms with Gasteiger partial charge in [-0.15, -0.1) is 0 Å². The lowest BCUT2D eigenvalue weighted by molar-refractivity contribution is 0.235. The Morgan fingerprint density at radius 1 is 1.21 bits per heavy atom. The Morgan fingerprint density at radius 2 is 1.96 bits per heavy atom. The minimum absolute atomic E-state index is 0.0460. The van der Waals surface area contributed by atoms with E-state index >= 15 is 0 Å². The van der Waals surface area contributed by atoms with Crippen molar-refractivity contribution >= 4 is 33.6 Å². The van der Waals surface area contributed by atoms with Crippen molar-refractivity contribution in [3.05, 3.63) is 46.9 Å². The van der Waals surface area contributed by atoms with Crippen LogP contribution < -0.4 is 10.9 Å². The Morgan fingerprint density at radius 3 is 2.64 bits per heavy atom. The fourth-order valence-corrected chi connectivity index (χ4v) is 3.60. The molecule has 0 aliphatic rings. The summed E-state index contributed by atoms with van der Waals surface area (Å²) in [4.78, 5) is 15.0. The molecule has 3 rings (SSSR count). The Kier molecular flexibility index (Phi) is 6.69. The highest BCUT2D eigenvalue weighted by atomic mass is 32.2. The Labute approximate surface area is 164 Å². The highest BCUT2D eigenvalue weighted by Crippen LogP contribution is 2.25. The van der Waals surface area contributed by atoms with Crippen molar-refractivity contribution in [2.75, 3.05) is 5.32 Å². The van der Waals surface area contributed by atoms with Crippen LogP contribution in [0.5, 0.6) is 0 Å². The molecule has 2 N–H and O–H groups in total. The van der Waals surface area contributed by atoms with Gasteiger partial charge < -0.3 is 14.9 Å². The minimum atomic E-state index is -2.93. The molecule has 9 heteroatoms. The van der Waals surface area contributed by atoms with Crippen LogP contribution in [0.3, 0.4) is 0 Å². The fraction of sp³-hybridized carbons (Fsp3) is 0.368. The second kappa shape index (κ2) is 9.20. The Hall–Kier alpha value is -2.39. The molecule has 1 aromatic carbocycles. The van der Waals surface area contributed by atoms with Gasteiger partial charge in [0.1, 0.15) is 5.39 Å². The molecular weight excluding hydrogens is 386 g/mol. The molecule has 0 bridgehead atoms. The van der Waals surface area contributed by atoms with E-state index in [-0.39, 0.29) is 10.5 Å². The zero-order valence-corrected chi connectivity index (χ0v) is 16.3. The van der Waals surface area contributed by atoms with E-state index in [4.69, 9.17) is 0 Å². The molecule has 0 saturated heterocycles. The van der Waals surface area contributed by atoms with Crippen molar-refractivity contribution in [3.63, 3.8) is 0 Å². The van der Waals surface area contributed by atoms with Crippen molar-refractivity contribution in [1.29, 1.82) is 0 Å². The van der Waals surface area contributed by atoms with Gasteiger partial charge in [0.25, 0.3) is 5.56 Å². The van der Waals surface area contributed by atoms with Crippen LogP contribution in [-0.2, 0) is 17.7 Å². The maximum Gasteiger partial charge on any atom is 0.402 e. The van der Waals surface area contributed by atoms with Gasteiger partial charge in [-0.25, -0.2) is 0 Å². The lowest BCUT2D eigenvalue weighted by atomic mass is 10.2. The smallest absolute Gasteiger partial charge is 0.402 e. The van der Waals surface area contributed by atoms with E-state index in [1.807, 2.05) is 10.7 Å². The van der Waals surface area contributed by atoms with Crippen LogP contribution in [0, 0.1) is 0 Å². The molecule has 1 atom stereocenters. The number of aryl methyl sites for hydroxylation is 1. The minimum Gasteiger partial charge on any atom is -0.607 e. The molecule has 150 valence electrons. The first-order valence-electron chi connectivity index (χ1n) is 9.15. The van der Waals surface area contributed by atoms with Gasteiger partial charge in [-0.3, -0.25) is 9.48 Å². The molecular formula is C19H22F2N4O2S. The summed E-state index contributed by atoms with van der Waals surface area (Å²) in [6, 6.07) is 7.64. The topological polar surface area (TPSA) is 85.8 Å². The van der Waals surface area contributed by atoms with Gasteiger partial charge in [-0.1, -0.05) is 26.2 Å². The summed E-state index contributed by atoms with van der Waals surface area (Å²) < 4.78 is 38.4. The molecule has 2 aromatic heterocycles. The molecule has 1 unspecified atom stereocenters. The van der Waals surface area contributed by atoms with Gasteiger partial charge in [0, 0.05) is 18.4 Å². The monoisotopic (exact) mass is 408 g/mol. The maximum absolute atomic E-state index is 12.6. The van der Waals surface area contributed by atoms with Gasteiger partial charge >= 0.3 is 5.76 Å². The fourth-order valence-electron chi connectivity index (χ4n) is 2.99. The third-order valence-corrected chi connectivity index (χ3v) is 5.47. The molecule has 0 fully saturated rings. The van der Waals surface area contributed by atoms with Crippen LogP contribution in [-0.4, -0.2) is 25.1 Å². The number of anilines is 2. The third kappa shape index (κ3) is 4.53. The van der Waals surface area contributed by atoms with Gasteiger partial charge in [0.05, 0.1) is 16.7 Å². The molecule has 0 radical (unpaired) electrons. The number of aromatic amines is 1. The number of unbranched alkanes of at least 4 members (excludes halogenated alkanes) is 3. The Bertz CT molecular complexity index is 972. The molecule has 0 aliphatic carbocycles. The van der Waals surface area contributed by atoms with Gasteiger partial charge in [0.2, 0.25) is 0 Å². The summed E-state index contributed by atoms with van der Waals surface area (Å²) in [5.41, 5.74) is 1.05. The van der Waals surface area contributed by atoms with E-state index in [1.54, 1.807) is 18.3 Å². The van der Waals surface area contributed by atoms with E-state index < -0.39 is 16.9 Å². The van der Waals surface area contributed by atoms with E-state index in [9.17, 15) is 18.1 Å². The molecule has 0 aliphatic heterocycles. The third-order valence-electron chi connectivity index (χ3n) is 4.41. The molecule has 0 amide bonds. The van der Waals surface area contributed by atoms with Gasteiger partial charge in [0.15, 0.2) is 10.7 Å². The number of rotatable bonds is 9. The average molecular weight is 408 g/mol. The normalized spacial score (nSPS) is 12.6. The zero-order valence-electron chi connectivity index (χ0n) is 15.5. The first-order chi connectivity index (χ1) is 13.5. The number of halogens is 2. The van der Waals surface area contributed by atoms with Crippen LogP contribution in [0.2, 0.25) is 0 Å². The van der Waals surface area contributed by atoms with Crippen molar-refractivity contribution in [3.8, 4) is 0 Å². The first kappa shape index (κ1) is 20.3. The molecule has 0 saturated carbocycles. The molecule has 6 nitrogen and oxygen atoms in total. The standard InChI is InChI=1S/C19H22F2N4O2S/c1-2-3-4-5-12-25-15-10-11-22-18(26)16(15)17(24-25)23-13-6-8-14(9-7-13)28(27)19(20)21/h6-11,19H,2-5,12H2,1H3,(H,22,26)(H,23,24). The number of nitrogens with one attached hydrogen (secondary N) is 2. The number of aromatic nitrogens is 3. The van der Waals surface area contributed by atoms with Gasteiger partial charge in [-0.2, -0.15) is 13.9 Å². The van der Waals surface area contributed by atoms with Crippen LogP contribution in [0.4, 0.5) is 20.3 Å². The first-order valence-corrected chi connectivity index (χ1v) is 10.4. The lowest BCUT2D eigenvalue weighted by Gasteiger charge is -2.09. The number of pyridine rings is 1. The van der Waals surface area contributed by atoms with Crippen LogP contribution in [0.1, 0.15) is 32.6 Å². The molecule has 0 spiro atoms. The SMILES string of the molecule is CCCCCCn1nc(Nc2ccc([S+]([O-])C(F)F)cc2)c2c(=O)[nH]ccc21. The highest BCUT2D eigenvalue weighted by molar-refractivity contribution is 7.91. The number of fused-ring (bicyclic) bond motifs is 1. The molecule has 28 heavy (non-hydrogen) atoms. The number of benzene rings is 1. The largest absolute Gasteiger partial charge is 0.607 e. The summed E-state index contributed by atoms with van der Waals surface area (Å²) in [6.07, 6.45) is 5.93. The van der Waals surface area contributed by atoms with Crippen molar-refractivity contribution in [1.82, 2.24) is 14.8 Å². The van der Waals surface area contributed by atoms with E-state index in [2.05, 4.69) is 22.3 Å². The lowest BCUT2D eigenvalue weighted by Crippen LogP contribution is -2.11. The predicted molar refractivity (Wildman–Crippen MR) is 107 cm³/mol. The summed E-state index contributed by atoms with van der Waals surface area (Å²) in [6.45, 7) is 2.85. The second-order valence-corrected chi connectivity index (χ2v) is 7.83. The van der Waals surface area contributed by atoms with Gasteiger partial charge in [-0.05, 0) is 36.8 Å². The number of hydrogen-bond donors (Lipinski definition) is 2. The van der Waals surface area contributed by atoms with Crippen molar-refractivity contribution in [2.24, 2.45) is 0 Å². The van der Waals surface area contributed by atoms with Crippen LogP contribution in [0.15, 0.2) is 46.2 Å². The zero-order chi connectivity index (χ0) is 20.1. The van der Waals surface area contributed by atoms with E-state index in [0.717, 1.165) is 31.2 Å². The Balaban J connectivity index is 1.85. The summed E-state index contributed by atoms with van der Waals surface area (Å²) in [5, 5.41) is 8.04. The average Bonchev–Trinajstić information content (AvgIpc) is 3.04. The number of alkyl halides is 2. The van der Waals surface area contributed by atoms with E-state index in [1.165, 1.54) is 12.1 Å². The highest BCUT2D eigenvalue weighted by Gasteiger charge is 2.23. The second-order valence-electron chi connectivity index (χ2n) is 6.41. The van der Waals surface area contributed by atoms with Crippen molar-refractivity contribution in [2.45, 2.75) is 49.8 Å².